The molecule has 0 amide bonds. The van der Waals surface area contributed by atoms with Crippen molar-refractivity contribution in [2.75, 3.05) is 19.1 Å². The van der Waals surface area contributed by atoms with Crippen molar-refractivity contribution < 1.29 is 14.6 Å². The van der Waals surface area contributed by atoms with E-state index in [9.17, 15) is 4.79 Å². The second kappa shape index (κ2) is 22.5. The molecule has 0 saturated carbocycles. The summed E-state index contributed by atoms with van der Waals surface area (Å²) in [6.07, 6.45) is 0.469. The predicted molar refractivity (Wildman–Crippen MR) is 51.6 cm³/mol. The van der Waals surface area contributed by atoms with Gasteiger partial charge in [-0.15, -0.1) is 23.2 Å². The van der Waals surface area contributed by atoms with Crippen molar-refractivity contribution in [2.45, 2.75) is 20.3 Å². The molecule has 0 aromatic carbocycles. The maximum absolute atomic E-state index is 9.96. The van der Waals surface area contributed by atoms with Crippen LogP contribution < -0.4 is 0 Å². The molecule has 0 aliphatic rings. The lowest BCUT2D eigenvalue weighted by molar-refractivity contribution is -0.140. The summed E-state index contributed by atoms with van der Waals surface area (Å²) in [5.74, 6) is -0.157. The first-order valence-electron chi connectivity index (χ1n) is 3.44. The van der Waals surface area contributed by atoms with Crippen LogP contribution in [0.4, 0.5) is 0 Å². The third kappa shape index (κ3) is 50.5. The zero-order chi connectivity index (χ0) is 10.4. The SMILES string of the molecule is CCC(=O)OC.CCO.ClCCl. The fraction of sp³-hybridized carbons (Fsp3) is 0.857. The number of carbonyl (C=O) groups excluding carboxylic acids is 1. The first-order chi connectivity index (χ1) is 5.64. The van der Waals surface area contributed by atoms with Crippen molar-refractivity contribution in [3.05, 3.63) is 0 Å². The van der Waals surface area contributed by atoms with Gasteiger partial charge >= 0.3 is 5.97 Å². The van der Waals surface area contributed by atoms with Crippen LogP contribution in [0.3, 0.4) is 0 Å². The van der Waals surface area contributed by atoms with E-state index in [2.05, 4.69) is 4.74 Å². The van der Waals surface area contributed by atoms with E-state index in [4.69, 9.17) is 28.3 Å². The Balaban J connectivity index is -0.000000115. The van der Waals surface area contributed by atoms with Crippen molar-refractivity contribution in [1.29, 1.82) is 0 Å². The van der Waals surface area contributed by atoms with Crippen LogP contribution in [-0.2, 0) is 9.53 Å². The maximum atomic E-state index is 9.96. The third-order valence-corrected chi connectivity index (χ3v) is 0.516. The van der Waals surface area contributed by atoms with E-state index < -0.39 is 0 Å². The summed E-state index contributed by atoms with van der Waals surface area (Å²) < 4.78 is 4.26. The lowest BCUT2D eigenvalue weighted by Gasteiger charge is -1.87. The Labute approximate surface area is 83.6 Å². The minimum absolute atomic E-state index is 0.157. The van der Waals surface area contributed by atoms with Gasteiger partial charge in [0.25, 0.3) is 0 Å². The molecule has 0 bridgehead atoms. The molecule has 0 unspecified atom stereocenters. The van der Waals surface area contributed by atoms with Gasteiger partial charge in [0.2, 0.25) is 0 Å². The zero-order valence-electron chi connectivity index (χ0n) is 7.64. The number of hydrogen-bond acceptors (Lipinski definition) is 3. The smallest absolute Gasteiger partial charge is 0.305 e. The minimum atomic E-state index is -0.157. The van der Waals surface area contributed by atoms with Gasteiger partial charge < -0.3 is 9.84 Å². The first-order valence-corrected chi connectivity index (χ1v) is 4.50. The number of aliphatic hydroxyl groups excluding tert-OH is 1. The largest absolute Gasteiger partial charge is 0.469 e. The molecule has 0 saturated heterocycles. The summed E-state index contributed by atoms with van der Waals surface area (Å²) in [5.41, 5.74) is 0. The fourth-order valence-corrected chi connectivity index (χ4v) is 0.144. The molecule has 0 aliphatic heterocycles. The molecule has 0 aromatic heterocycles. The minimum Gasteiger partial charge on any atom is -0.469 e. The van der Waals surface area contributed by atoms with Crippen LogP contribution in [0.25, 0.3) is 0 Å². The molecule has 0 heterocycles. The van der Waals surface area contributed by atoms with E-state index in [1.807, 2.05) is 0 Å². The van der Waals surface area contributed by atoms with Crippen LogP contribution in [-0.4, -0.2) is 30.1 Å². The van der Waals surface area contributed by atoms with Crippen LogP contribution >= 0.6 is 23.2 Å². The van der Waals surface area contributed by atoms with Crippen molar-refractivity contribution in [3.8, 4) is 0 Å². The number of esters is 1. The first kappa shape index (κ1) is 17.9. The molecule has 0 rings (SSSR count). The predicted octanol–water partition coefficient (Wildman–Crippen LogP) is 1.99. The topological polar surface area (TPSA) is 46.5 Å². The molecule has 0 atom stereocenters. The van der Waals surface area contributed by atoms with Gasteiger partial charge in [-0.2, -0.15) is 0 Å². The number of rotatable bonds is 1. The van der Waals surface area contributed by atoms with E-state index in [-0.39, 0.29) is 17.9 Å². The normalized spacial score (nSPS) is 6.83. The average Bonchev–Trinajstić information content (AvgIpc) is 2.06. The number of alkyl halides is 2. The van der Waals surface area contributed by atoms with Gasteiger partial charge in [-0.1, -0.05) is 6.92 Å². The van der Waals surface area contributed by atoms with E-state index in [1.165, 1.54) is 7.11 Å². The molecule has 0 aromatic rings. The lowest BCUT2D eigenvalue weighted by Crippen LogP contribution is -1.94. The summed E-state index contributed by atoms with van der Waals surface area (Å²) >= 11 is 9.53. The zero-order valence-corrected chi connectivity index (χ0v) is 9.15. The van der Waals surface area contributed by atoms with E-state index in [0.29, 0.717) is 6.42 Å². The highest BCUT2D eigenvalue weighted by Crippen LogP contribution is 1.76. The second-order valence-electron chi connectivity index (χ2n) is 1.35. The monoisotopic (exact) mass is 218 g/mol. The molecular weight excluding hydrogens is 203 g/mol. The lowest BCUT2D eigenvalue weighted by atomic mass is 10.5. The number of halogens is 2. The second-order valence-corrected chi connectivity index (χ2v) is 2.16. The summed E-state index contributed by atoms with van der Waals surface area (Å²) in [4.78, 5) is 9.96. The Bertz CT molecular complexity index is 71.1. The molecule has 0 radical (unpaired) electrons. The Morgan fingerprint density at radius 3 is 1.67 bits per heavy atom. The van der Waals surface area contributed by atoms with Gasteiger partial charge in [0.05, 0.1) is 12.4 Å². The fourth-order valence-electron chi connectivity index (χ4n) is 0.144. The summed E-state index contributed by atoms with van der Waals surface area (Å²) in [6.45, 7) is 3.69. The van der Waals surface area contributed by atoms with Gasteiger partial charge in [0.15, 0.2) is 0 Å². The standard InChI is InChI=1S/C4H8O2.C2H6O.CH2Cl2/c1-3-4(5)6-2;1-2-3;2-1-3/h3H2,1-2H3;3H,2H2,1H3;1H2. The van der Waals surface area contributed by atoms with Crippen LogP contribution in [0.2, 0.25) is 0 Å². The van der Waals surface area contributed by atoms with Gasteiger partial charge in [0, 0.05) is 13.0 Å². The highest BCUT2D eigenvalue weighted by atomic mass is 35.5. The number of carbonyl (C=O) groups is 1. The molecule has 0 fully saturated rings. The van der Waals surface area contributed by atoms with Crippen LogP contribution in [0, 0.1) is 0 Å². The van der Waals surface area contributed by atoms with Crippen molar-refractivity contribution in [1.82, 2.24) is 0 Å². The molecular formula is C7H16Cl2O3. The van der Waals surface area contributed by atoms with E-state index in [1.54, 1.807) is 13.8 Å². The Hall–Kier alpha value is 0.01000. The van der Waals surface area contributed by atoms with Crippen molar-refractivity contribution >= 4 is 29.2 Å². The summed E-state index contributed by atoms with van der Waals surface area (Å²) in [5, 5.41) is 7.76. The molecule has 3 nitrogen and oxygen atoms in total. The van der Waals surface area contributed by atoms with Crippen molar-refractivity contribution in [2.24, 2.45) is 0 Å². The van der Waals surface area contributed by atoms with E-state index in [0.717, 1.165) is 0 Å². The van der Waals surface area contributed by atoms with E-state index >= 15 is 0 Å². The number of aliphatic hydroxyl groups is 1. The third-order valence-electron chi connectivity index (χ3n) is 0.516. The van der Waals surface area contributed by atoms with Crippen LogP contribution in [0.5, 0.6) is 0 Å². The summed E-state index contributed by atoms with van der Waals surface area (Å²) in [7, 11) is 1.38. The van der Waals surface area contributed by atoms with Crippen molar-refractivity contribution in [3.63, 3.8) is 0 Å². The Kier molecular flexibility index (Phi) is 33.6. The number of hydrogen-bond donors (Lipinski definition) is 1. The highest BCUT2D eigenvalue weighted by molar-refractivity contribution is 6.40. The van der Waals surface area contributed by atoms with Gasteiger partial charge in [-0.25, -0.2) is 0 Å². The molecule has 12 heavy (non-hydrogen) atoms. The molecule has 5 heteroatoms. The number of methoxy groups -OCH3 is 1. The summed E-state index contributed by atoms with van der Waals surface area (Å²) in [6, 6.07) is 0. The van der Waals surface area contributed by atoms with Gasteiger partial charge in [-0.05, 0) is 6.92 Å². The Morgan fingerprint density at radius 1 is 1.42 bits per heavy atom. The maximum Gasteiger partial charge on any atom is 0.305 e. The van der Waals surface area contributed by atoms with Crippen LogP contribution in [0.15, 0.2) is 0 Å². The molecule has 0 aliphatic carbocycles. The molecule has 1 N–H and O–H groups in total. The molecule has 0 spiro atoms. The molecule has 76 valence electrons. The average molecular weight is 219 g/mol. The van der Waals surface area contributed by atoms with Gasteiger partial charge in [0.1, 0.15) is 0 Å². The quantitative estimate of drug-likeness (QED) is 0.541. The van der Waals surface area contributed by atoms with Gasteiger partial charge in [-0.3, -0.25) is 4.79 Å². The van der Waals surface area contributed by atoms with Crippen LogP contribution in [0.1, 0.15) is 20.3 Å². The highest BCUT2D eigenvalue weighted by Gasteiger charge is 1.87. The number of ether oxygens (including phenoxy) is 1. The Morgan fingerprint density at radius 2 is 1.67 bits per heavy atom.